The van der Waals surface area contributed by atoms with Gasteiger partial charge in [0.1, 0.15) is 61.0 Å². The first-order valence-electron chi connectivity index (χ1n) is 14.8. The van der Waals surface area contributed by atoms with E-state index in [1.54, 1.807) is 0 Å². The normalized spacial score (nSPS) is 45.6. The maximum Gasteiger partial charge on any atom is 0.187 e. The molecule has 0 aromatic carbocycles. The summed E-state index contributed by atoms with van der Waals surface area (Å²) in [6.45, 7) is 2.51. The van der Waals surface area contributed by atoms with Crippen molar-refractivity contribution in [3.05, 3.63) is 0 Å². The average Bonchev–Trinajstić information content (AvgIpc) is 2.95. The minimum Gasteiger partial charge on any atom is -0.389 e. The molecule has 242 valence electrons. The monoisotopic (exact) mass is 596 g/mol. The van der Waals surface area contributed by atoms with Crippen molar-refractivity contribution in [2.45, 2.75) is 144 Å². The number of unbranched alkanes of at least 4 members (excludes halogenated alkanes) is 5. The molecular formula is C26H52N4O11. The molecule has 2 aliphatic heterocycles. The number of aliphatic hydroxyl groups excluding tert-OH is 6. The predicted octanol–water partition coefficient (Wildman–Crippen LogP) is -3.91. The third kappa shape index (κ3) is 8.74. The minimum absolute atomic E-state index is 0.0275. The van der Waals surface area contributed by atoms with Gasteiger partial charge >= 0.3 is 0 Å². The largest absolute Gasteiger partial charge is 0.389 e. The summed E-state index contributed by atoms with van der Waals surface area (Å²) >= 11 is 0. The predicted molar refractivity (Wildman–Crippen MR) is 145 cm³/mol. The van der Waals surface area contributed by atoms with Gasteiger partial charge in [0, 0.05) is 25.2 Å². The Morgan fingerprint density at radius 3 is 1.83 bits per heavy atom. The van der Waals surface area contributed by atoms with Crippen LogP contribution in [0.25, 0.3) is 0 Å². The molecule has 3 rings (SSSR count). The molecule has 3 aliphatic rings. The summed E-state index contributed by atoms with van der Waals surface area (Å²) in [6, 6.07) is -2.74. The van der Waals surface area contributed by atoms with Crippen LogP contribution in [0, 0.1) is 0 Å². The fourth-order valence-corrected chi connectivity index (χ4v) is 5.57. The van der Waals surface area contributed by atoms with E-state index in [1.807, 2.05) is 0 Å². The van der Waals surface area contributed by atoms with E-state index < -0.39 is 91.7 Å². The van der Waals surface area contributed by atoms with E-state index in [0.29, 0.717) is 6.61 Å². The highest BCUT2D eigenvalue weighted by molar-refractivity contribution is 5.01. The van der Waals surface area contributed by atoms with Crippen molar-refractivity contribution in [1.82, 2.24) is 0 Å². The Kier molecular flexibility index (Phi) is 14.0. The van der Waals surface area contributed by atoms with Gasteiger partial charge in [-0.05, 0) is 12.8 Å². The molecule has 8 unspecified atom stereocenters. The molecule has 1 aliphatic carbocycles. The van der Waals surface area contributed by atoms with E-state index in [0.717, 1.165) is 19.3 Å². The maximum absolute atomic E-state index is 11.2. The summed E-state index contributed by atoms with van der Waals surface area (Å²) < 4.78 is 28.7. The maximum atomic E-state index is 11.2. The highest BCUT2D eigenvalue weighted by atomic mass is 16.7. The second kappa shape index (κ2) is 16.5. The van der Waals surface area contributed by atoms with Crippen LogP contribution < -0.4 is 22.9 Å². The zero-order valence-corrected chi connectivity index (χ0v) is 23.8. The van der Waals surface area contributed by atoms with E-state index in [1.165, 1.54) is 19.3 Å². The van der Waals surface area contributed by atoms with Crippen molar-refractivity contribution in [1.29, 1.82) is 0 Å². The smallest absolute Gasteiger partial charge is 0.187 e. The number of ether oxygens (including phenoxy) is 5. The lowest BCUT2D eigenvalue weighted by atomic mass is 9.84. The first kappa shape index (κ1) is 34.9. The molecule has 0 radical (unpaired) electrons. The molecule has 0 bridgehead atoms. The van der Waals surface area contributed by atoms with Crippen LogP contribution in [-0.4, -0.2) is 142 Å². The topological polar surface area (TPSA) is 272 Å². The molecule has 1 saturated carbocycles. The van der Waals surface area contributed by atoms with Crippen LogP contribution in [0.3, 0.4) is 0 Å². The summed E-state index contributed by atoms with van der Waals surface area (Å²) in [7, 11) is 0. The zero-order valence-electron chi connectivity index (χ0n) is 23.8. The highest BCUT2D eigenvalue weighted by Gasteiger charge is 2.51. The molecule has 41 heavy (non-hydrogen) atoms. The van der Waals surface area contributed by atoms with Crippen LogP contribution in [0.15, 0.2) is 0 Å². The molecule has 0 spiro atoms. The number of aliphatic hydroxyl groups is 6. The van der Waals surface area contributed by atoms with E-state index in [2.05, 4.69) is 6.92 Å². The second-order valence-electron chi connectivity index (χ2n) is 11.4. The van der Waals surface area contributed by atoms with E-state index in [-0.39, 0.29) is 19.6 Å². The standard InChI is InChI=1S/C26H52N4O11/c1-2-3-4-5-6-7-8-37-11-15-17(31)16(30)19(33)25(39-15)40-23-12(28)9-13(29)24(22(23)36)41-26-21(35)20(34)18(32)14(10-27)38-26/h12-26,31-36H,2-11,27-30H2,1H3/t12-,13?,14?,15-,16?,17-,18-,19-,20?,21?,22-,23?,24?,25?,26-/m1/s1. The molecule has 15 nitrogen and oxygen atoms in total. The highest BCUT2D eigenvalue weighted by Crippen LogP contribution is 2.31. The van der Waals surface area contributed by atoms with Gasteiger partial charge in [0.25, 0.3) is 0 Å². The van der Waals surface area contributed by atoms with E-state index in [9.17, 15) is 30.6 Å². The fraction of sp³-hybridized carbons (Fsp3) is 1.00. The molecule has 0 aromatic heterocycles. The Morgan fingerprint density at radius 2 is 1.22 bits per heavy atom. The number of hydrogen-bond donors (Lipinski definition) is 10. The molecule has 15 atom stereocenters. The lowest BCUT2D eigenvalue weighted by Gasteiger charge is -2.48. The molecule has 2 heterocycles. The Labute approximate surface area is 241 Å². The second-order valence-corrected chi connectivity index (χ2v) is 11.4. The van der Waals surface area contributed by atoms with Gasteiger partial charge in [0.15, 0.2) is 12.6 Å². The Hall–Kier alpha value is -0.600. The first-order valence-corrected chi connectivity index (χ1v) is 14.8. The van der Waals surface area contributed by atoms with Crippen molar-refractivity contribution in [2.24, 2.45) is 22.9 Å². The van der Waals surface area contributed by atoms with Crippen LogP contribution in [0.2, 0.25) is 0 Å². The van der Waals surface area contributed by atoms with Gasteiger partial charge in [-0.15, -0.1) is 0 Å². The SMILES string of the molecule is CCCCCCCCOC[C@H]1OC(OC2[C@@H](O)C(O[C@H]3OC(CN)[C@@H](O)C(O)C3O)C(N)C[C@H]2N)[C@H](O)C(N)[C@@H]1O. The van der Waals surface area contributed by atoms with E-state index >= 15 is 0 Å². The number of hydrogen-bond acceptors (Lipinski definition) is 15. The summed E-state index contributed by atoms with van der Waals surface area (Å²) in [4.78, 5) is 0. The Bertz CT molecular complexity index is 758. The van der Waals surface area contributed by atoms with Crippen LogP contribution in [-0.2, 0) is 23.7 Å². The van der Waals surface area contributed by atoms with Gasteiger partial charge < -0.3 is 77.3 Å². The summed E-state index contributed by atoms with van der Waals surface area (Å²) in [5.74, 6) is 0. The molecule has 0 amide bonds. The van der Waals surface area contributed by atoms with Gasteiger partial charge in [-0.3, -0.25) is 0 Å². The number of rotatable bonds is 14. The van der Waals surface area contributed by atoms with Crippen molar-refractivity contribution < 1.29 is 54.3 Å². The van der Waals surface area contributed by atoms with Gasteiger partial charge in [0.05, 0.1) is 12.6 Å². The summed E-state index contributed by atoms with van der Waals surface area (Å²) in [6.07, 6.45) is -9.18. The molecular weight excluding hydrogens is 544 g/mol. The lowest BCUT2D eigenvalue weighted by Crippen LogP contribution is -2.68. The molecule has 2 saturated heterocycles. The zero-order chi connectivity index (χ0) is 30.3. The molecule has 0 aromatic rings. The van der Waals surface area contributed by atoms with Crippen molar-refractivity contribution in [3.63, 3.8) is 0 Å². The van der Waals surface area contributed by atoms with Crippen molar-refractivity contribution in [3.8, 4) is 0 Å². The van der Waals surface area contributed by atoms with Gasteiger partial charge in [-0.25, -0.2) is 0 Å². The number of nitrogens with two attached hydrogens (primary N) is 4. The Balaban J connectivity index is 1.59. The van der Waals surface area contributed by atoms with Crippen LogP contribution >= 0.6 is 0 Å². The summed E-state index contributed by atoms with van der Waals surface area (Å²) in [5.41, 5.74) is 24.1. The van der Waals surface area contributed by atoms with E-state index in [4.69, 9.17) is 46.6 Å². The first-order chi connectivity index (χ1) is 19.5. The molecule has 14 N–H and O–H groups in total. The van der Waals surface area contributed by atoms with Crippen LogP contribution in [0.5, 0.6) is 0 Å². The van der Waals surface area contributed by atoms with Crippen LogP contribution in [0.4, 0.5) is 0 Å². The van der Waals surface area contributed by atoms with Gasteiger partial charge in [-0.1, -0.05) is 39.0 Å². The molecule has 15 heteroatoms. The average molecular weight is 597 g/mol. The lowest BCUT2D eigenvalue weighted by molar-refractivity contribution is -0.332. The fourth-order valence-electron chi connectivity index (χ4n) is 5.57. The Morgan fingerprint density at radius 1 is 0.659 bits per heavy atom. The van der Waals surface area contributed by atoms with Crippen molar-refractivity contribution >= 4 is 0 Å². The molecule has 3 fully saturated rings. The van der Waals surface area contributed by atoms with Gasteiger partial charge in [-0.2, -0.15) is 0 Å². The quantitative estimate of drug-likeness (QED) is 0.0858. The third-order valence-electron chi connectivity index (χ3n) is 8.23. The summed E-state index contributed by atoms with van der Waals surface area (Å²) in [5, 5.41) is 63.1. The minimum atomic E-state index is -1.65. The third-order valence-corrected chi connectivity index (χ3v) is 8.23. The van der Waals surface area contributed by atoms with Crippen molar-refractivity contribution in [2.75, 3.05) is 19.8 Å². The van der Waals surface area contributed by atoms with Crippen LogP contribution in [0.1, 0.15) is 51.9 Å². The van der Waals surface area contributed by atoms with Gasteiger partial charge in [0.2, 0.25) is 0 Å².